The molecule has 1 fully saturated rings. The van der Waals surface area contributed by atoms with Gasteiger partial charge in [-0.2, -0.15) is 5.09 Å². The van der Waals surface area contributed by atoms with Crippen LogP contribution in [0.2, 0.25) is 0 Å². The molecule has 0 amide bonds. The average Bonchev–Trinajstić information content (AvgIpc) is 3.03. The fourth-order valence-electron chi connectivity index (χ4n) is 3.49. The van der Waals surface area contributed by atoms with Crippen molar-refractivity contribution in [3.8, 4) is 5.75 Å². The molecule has 0 spiro atoms. The Hall–Kier alpha value is -2.35. The van der Waals surface area contributed by atoms with Crippen LogP contribution < -0.4 is 20.9 Å². The maximum atomic E-state index is 15.5. The highest BCUT2D eigenvalue weighted by Crippen LogP contribution is 2.47. The Balaban J connectivity index is 1.82. The van der Waals surface area contributed by atoms with Crippen LogP contribution >= 0.6 is 23.7 Å². The molecule has 1 aliphatic rings. The van der Waals surface area contributed by atoms with E-state index in [1.165, 1.54) is 19.1 Å². The van der Waals surface area contributed by atoms with Crippen molar-refractivity contribution < 1.29 is 37.4 Å². The van der Waals surface area contributed by atoms with Gasteiger partial charge < -0.3 is 19.1 Å². The first-order valence-corrected chi connectivity index (χ1v) is 13.6. The summed E-state index contributed by atoms with van der Waals surface area (Å²) in [7, 11) is -4.32. The van der Waals surface area contributed by atoms with Gasteiger partial charge in [0, 0.05) is 6.20 Å². The van der Waals surface area contributed by atoms with E-state index in [-0.39, 0.29) is 10.2 Å². The smallest absolute Gasteiger partial charge is 0.459 e. The lowest BCUT2D eigenvalue weighted by Gasteiger charge is -2.25. The van der Waals surface area contributed by atoms with Crippen LogP contribution in [0.15, 0.2) is 50.6 Å². The largest absolute Gasteiger partial charge is 0.462 e. The number of para-hydroxylation sites is 1. The molecule has 3 rings (SSSR count). The molecule has 204 valence electrons. The highest BCUT2D eigenvalue weighted by Gasteiger charge is 2.56. The fourth-order valence-corrected chi connectivity index (χ4v) is 5.31. The molecule has 1 aromatic carbocycles. The Morgan fingerprint density at radius 3 is 2.59 bits per heavy atom. The first-order chi connectivity index (χ1) is 17.2. The maximum Gasteiger partial charge on any atom is 0.459 e. The molecule has 2 heterocycles. The minimum Gasteiger partial charge on any atom is -0.462 e. The molecule has 1 unspecified atom stereocenters. The van der Waals surface area contributed by atoms with E-state index in [9.17, 15) is 24.1 Å². The normalized spacial score (nSPS) is 26.0. The van der Waals surface area contributed by atoms with Crippen molar-refractivity contribution in [3.05, 3.63) is 61.8 Å². The van der Waals surface area contributed by atoms with Crippen LogP contribution in [-0.2, 0) is 23.4 Å². The topological polar surface area (TPSA) is 158 Å². The van der Waals surface area contributed by atoms with E-state index in [4.69, 9.17) is 18.5 Å². The van der Waals surface area contributed by atoms with Crippen molar-refractivity contribution >= 4 is 29.6 Å². The fraction of sp³-hybridized carbons (Fsp3) is 0.500. The van der Waals surface area contributed by atoms with Crippen molar-refractivity contribution in [1.82, 2.24) is 14.6 Å². The summed E-state index contributed by atoms with van der Waals surface area (Å²) < 4.78 is 51.5. The monoisotopic (exact) mass is 607 g/mol. The Kier molecular flexibility index (Phi) is 9.14. The van der Waals surface area contributed by atoms with Gasteiger partial charge in [0.05, 0.1) is 17.2 Å². The molecule has 15 heteroatoms. The first-order valence-electron chi connectivity index (χ1n) is 11.2. The van der Waals surface area contributed by atoms with E-state index in [0.717, 1.165) is 17.7 Å². The minimum absolute atomic E-state index is 0.0621. The van der Waals surface area contributed by atoms with Gasteiger partial charge in [0.2, 0.25) is 0 Å². The van der Waals surface area contributed by atoms with E-state index >= 15 is 4.39 Å². The van der Waals surface area contributed by atoms with E-state index < -0.39 is 67.8 Å². The Bertz CT molecular complexity index is 1270. The zero-order chi connectivity index (χ0) is 27.5. The number of nitrogens with zero attached hydrogens (tertiary/aromatic N) is 1. The van der Waals surface area contributed by atoms with Gasteiger partial charge >= 0.3 is 19.4 Å². The van der Waals surface area contributed by atoms with Crippen LogP contribution in [0.1, 0.15) is 33.9 Å². The van der Waals surface area contributed by atoms with E-state index in [0.29, 0.717) is 0 Å². The summed E-state index contributed by atoms with van der Waals surface area (Å²) in [6.07, 6.45) is -4.29. The number of aliphatic hydroxyl groups excluding tert-OH is 1. The zero-order valence-corrected chi connectivity index (χ0v) is 22.9. The van der Waals surface area contributed by atoms with Crippen LogP contribution in [0, 0.1) is 0 Å². The van der Waals surface area contributed by atoms with Crippen LogP contribution in [0.25, 0.3) is 0 Å². The van der Waals surface area contributed by atoms with Crippen LogP contribution in [0.5, 0.6) is 5.75 Å². The van der Waals surface area contributed by atoms with Gasteiger partial charge in [-0.3, -0.25) is 23.7 Å². The summed E-state index contributed by atoms with van der Waals surface area (Å²) in [5.74, 6) is -0.569. The third kappa shape index (κ3) is 6.95. The molecule has 1 aromatic heterocycles. The van der Waals surface area contributed by atoms with E-state index in [2.05, 4.69) is 21.0 Å². The first kappa shape index (κ1) is 29.2. The summed E-state index contributed by atoms with van der Waals surface area (Å²) in [6.45, 7) is 5.05. The van der Waals surface area contributed by atoms with Gasteiger partial charge in [-0.25, -0.2) is 13.8 Å². The highest BCUT2D eigenvalue weighted by atomic mass is 79.9. The lowest BCUT2D eigenvalue weighted by Crippen LogP contribution is -2.44. The van der Waals surface area contributed by atoms with E-state index in [1.54, 1.807) is 32.0 Å². The standard InChI is InChI=1S/C22H28BrFN3O9P/c1-12(2)34-19(30)13(3)26-37(32,36-14-8-6-5-7-9-14)33-11-16-17(28)22(4,24)20(35-16)27-10-15(23)18(29)25-21(27)31/h5-10,12-13,16-17,20,28H,11H2,1-4H3,(H,26,32)(H,25,29,31)/t13-,16-,17-,20?,22-,37-/m1/s1. The van der Waals surface area contributed by atoms with Gasteiger partial charge in [-0.1, -0.05) is 18.2 Å². The molecule has 1 saturated heterocycles. The zero-order valence-electron chi connectivity index (χ0n) is 20.4. The lowest BCUT2D eigenvalue weighted by molar-refractivity contribution is -0.149. The summed E-state index contributed by atoms with van der Waals surface area (Å²) in [4.78, 5) is 38.2. The number of rotatable bonds is 10. The van der Waals surface area contributed by atoms with E-state index in [1.807, 2.05) is 4.98 Å². The molecular formula is C22H28BrFN3O9P. The van der Waals surface area contributed by atoms with Gasteiger partial charge in [-0.15, -0.1) is 0 Å². The number of benzene rings is 1. The maximum absolute atomic E-state index is 15.5. The number of carbonyl (C=O) groups is 1. The molecule has 0 bridgehead atoms. The number of ether oxygens (including phenoxy) is 2. The number of hydrogen-bond acceptors (Lipinski definition) is 9. The summed E-state index contributed by atoms with van der Waals surface area (Å²) in [5, 5.41) is 13.1. The van der Waals surface area contributed by atoms with Gasteiger partial charge in [0.1, 0.15) is 24.0 Å². The predicted octanol–water partition coefficient (Wildman–Crippen LogP) is 2.42. The Morgan fingerprint density at radius 1 is 1.32 bits per heavy atom. The van der Waals surface area contributed by atoms with Gasteiger partial charge in [0.25, 0.3) is 5.56 Å². The summed E-state index contributed by atoms with van der Waals surface area (Å²) >= 11 is 2.96. The van der Waals surface area contributed by atoms with Crippen LogP contribution in [0.4, 0.5) is 4.39 Å². The molecule has 2 aromatic rings. The molecule has 0 radical (unpaired) electrons. The predicted molar refractivity (Wildman–Crippen MR) is 133 cm³/mol. The Labute approximate surface area is 219 Å². The molecule has 0 aliphatic carbocycles. The lowest BCUT2D eigenvalue weighted by atomic mass is 9.98. The number of H-pyrrole nitrogens is 1. The van der Waals surface area contributed by atoms with Crippen molar-refractivity contribution in [2.45, 2.75) is 63.9 Å². The number of nitrogens with one attached hydrogen (secondary N) is 2. The number of aliphatic hydroxyl groups is 1. The SMILES string of the molecule is CC(C)OC(=O)[C@@H](C)N[P@@](=O)(OC[C@H]1OC(n2cc(Br)c(=O)[nH]c2=O)[C@](C)(F)[C@@H]1O)Oc1ccccc1. The van der Waals surface area contributed by atoms with Crippen molar-refractivity contribution in [2.24, 2.45) is 0 Å². The van der Waals surface area contributed by atoms with Gasteiger partial charge in [0.15, 0.2) is 11.9 Å². The number of halogens is 2. The molecule has 6 atom stereocenters. The van der Waals surface area contributed by atoms with Gasteiger partial charge in [-0.05, 0) is 55.8 Å². The molecule has 0 saturated carbocycles. The number of aromatic nitrogens is 2. The number of esters is 1. The molecule has 1 aliphatic heterocycles. The number of aromatic amines is 1. The third-order valence-corrected chi connectivity index (χ3v) is 7.54. The van der Waals surface area contributed by atoms with Crippen LogP contribution in [-0.4, -0.2) is 57.3 Å². The quantitative estimate of drug-likeness (QED) is 0.270. The summed E-state index contributed by atoms with van der Waals surface area (Å²) in [5.41, 5.74) is -4.20. The number of alkyl halides is 1. The summed E-state index contributed by atoms with van der Waals surface area (Å²) in [6, 6.07) is 6.84. The molecule has 3 N–H and O–H groups in total. The third-order valence-electron chi connectivity index (χ3n) is 5.33. The highest BCUT2D eigenvalue weighted by molar-refractivity contribution is 9.10. The Morgan fingerprint density at radius 2 is 1.97 bits per heavy atom. The second-order valence-electron chi connectivity index (χ2n) is 8.80. The molecule has 12 nitrogen and oxygen atoms in total. The van der Waals surface area contributed by atoms with Crippen molar-refractivity contribution in [3.63, 3.8) is 0 Å². The average molecular weight is 608 g/mol. The molecular weight excluding hydrogens is 580 g/mol. The van der Waals surface area contributed by atoms with Crippen molar-refractivity contribution in [1.29, 1.82) is 0 Å². The number of carbonyl (C=O) groups excluding carboxylic acids is 1. The number of hydrogen-bond donors (Lipinski definition) is 3. The second kappa shape index (κ2) is 11.6. The minimum atomic E-state index is -4.32. The van der Waals surface area contributed by atoms with Crippen molar-refractivity contribution in [2.75, 3.05) is 6.61 Å². The molecule has 37 heavy (non-hydrogen) atoms. The second-order valence-corrected chi connectivity index (χ2v) is 11.3. The van der Waals surface area contributed by atoms with Crippen LogP contribution in [0.3, 0.4) is 0 Å².